The molecule has 0 radical (unpaired) electrons. The summed E-state index contributed by atoms with van der Waals surface area (Å²) in [5.41, 5.74) is 0.500. The topological polar surface area (TPSA) is 40.5 Å². The van der Waals surface area contributed by atoms with Crippen LogP contribution in [0.3, 0.4) is 0 Å². The summed E-state index contributed by atoms with van der Waals surface area (Å²) in [7, 11) is 0. The standard InChI is InChI=1S/C15H26O2/c1-10-7-8-15(13(16)9-10)11(2)5-6-12(15)14(3,4)17/h7,11-13,16-17H,5-6,8-9H2,1-4H3/t11-,12-,13+,15-/m1/s1. The van der Waals surface area contributed by atoms with Gasteiger partial charge in [0, 0.05) is 5.41 Å². The summed E-state index contributed by atoms with van der Waals surface area (Å²) in [5.74, 6) is 0.711. The number of aliphatic hydroxyl groups is 2. The SMILES string of the molecule is CC1=CC[C@]2([C@H](C)CC[C@@H]2C(C)(C)O)[C@@H](O)C1. The molecule has 0 bridgehead atoms. The maximum Gasteiger partial charge on any atom is 0.0642 e. The van der Waals surface area contributed by atoms with Crippen molar-refractivity contribution < 1.29 is 10.2 Å². The highest BCUT2D eigenvalue weighted by atomic mass is 16.3. The van der Waals surface area contributed by atoms with Crippen molar-refractivity contribution in [2.75, 3.05) is 0 Å². The molecule has 98 valence electrons. The minimum absolute atomic E-state index is 0.0994. The molecule has 1 spiro atoms. The van der Waals surface area contributed by atoms with Crippen molar-refractivity contribution in [3.8, 4) is 0 Å². The Balaban J connectivity index is 2.38. The number of hydrogen-bond acceptors (Lipinski definition) is 2. The summed E-state index contributed by atoms with van der Waals surface area (Å²) < 4.78 is 0. The Bertz CT molecular complexity index is 326. The van der Waals surface area contributed by atoms with Gasteiger partial charge in [-0.15, -0.1) is 0 Å². The van der Waals surface area contributed by atoms with E-state index in [-0.39, 0.29) is 17.4 Å². The molecule has 0 aromatic rings. The van der Waals surface area contributed by atoms with Gasteiger partial charge >= 0.3 is 0 Å². The van der Waals surface area contributed by atoms with Gasteiger partial charge in [-0.1, -0.05) is 18.6 Å². The van der Waals surface area contributed by atoms with Crippen LogP contribution >= 0.6 is 0 Å². The first kappa shape index (κ1) is 13.1. The van der Waals surface area contributed by atoms with Gasteiger partial charge in [-0.05, 0) is 58.3 Å². The van der Waals surface area contributed by atoms with E-state index in [1.165, 1.54) is 5.57 Å². The second kappa shape index (κ2) is 4.10. The lowest BCUT2D eigenvalue weighted by Gasteiger charge is -2.49. The van der Waals surface area contributed by atoms with Crippen molar-refractivity contribution >= 4 is 0 Å². The quantitative estimate of drug-likeness (QED) is 0.690. The van der Waals surface area contributed by atoms with Crippen LogP contribution in [0.1, 0.15) is 53.4 Å². The third-order valence-electron chi connectivity index (χ3n) is 5.25. The van der Waals surface area contributed by atoms with E-state index < -0.39 is 5.60 Å². The third kappa shape index (κ3) is 1.96. The first-order chi connectivity index (χ1) is 7.78. The highest BCUT2D eigenvalue weighted by Gasteiger charge is 2.56. The molecule has 17 heavy (non-hydrogen) atoms. The summed E-state index contributed by atoms with van der Waals surface area (Å²) in [6, 6.07) is 0. The van der Waals surface area contributed by atoms with Crippen LogP contribution in [0.25, 0.3) is 0 Å². The Morgan fingerprint density at radius 2 is 2.00 bits per heavy atom. The van der Waals surface area contributed by atoms with Gasteiger partial charge in [0.1, 0.15) is 0 Å². The molecule has 0 unspecified atom stereocenters. The molecule has 1 fully saturated rings. The predicted molar refractivity (Wildman–Crippen MR) is 69.6 cm³/mol. The minimum atomic E-state index is -0.690. The lowest BCUT2D eigenvalue weighted by Crippen LogP contribution is -2.51. The van der Waals surface area contributed by atoms with E-state index in [9.17, 15) is 10.2 Å². The van der Waals surface area contributed by atoms with E-state index >= 15 is 0 Å². The Morgan fingerprint density at radius 1 is 1.35 bits per heavy atom. The van der Waals surface area contributed by atoms with Crippen LogP contribution in [0.4, 0.5) is 0 Å². The van der Waals surface area contributed by atoms with Gasteiger partial charge in [-0.2, -0.15) is 0 Å². The Hall–Kier alpha value is -0.340. The van der Waals surface area contributed by atoms with Crippen molar-refractivity contribution in [3.05, 3.63) is 11.6 Å². The lowest BCUT2D eigenvalue weighted by molar-refractivity contribution is -0.106. The van der Waals surface area contributed by atoms with Crippen LogP contribution in [0.5, 0.6) is 0 Å². The van der Waals surface area contributed by atoms with Gasteiger partial charge in [-0.3, -0.25) is 0 Å². The number of allylic oxidation sites excluding steroid dienone is 1. The molecule has 1 saturated carbocycles. The molecule has 2 aliphatic rings. The number of aliphatic hydroxyl groups excluding tert-OH is 1. The molecular formula is C15H26O2. The van der Waals surface area contributed by atoms with Gasteiger partial charge in [0.15, 0.2) is 0 Å². The average molecular weight is 238 g/mol. The smallest absolute Gasteiger partial charge is 0.0642 e. The fourth-order valence-corrected chi connectivity index (χ4v) is 4.28. The molecule has 2 rings (SSSR count). The molecule has 0 aromatic heterocycles. The highest BCUT2D eigenvalue weighted by Crippen LogP contribution is 2.58. The van der Waals surface area contributed by atoms with Crippen LogP contribution in [-0.4, -0.2) is 21.9 Å². The minimum Gasteiger partial charge on any atom is -0.392 e. The molecule has 4 atom stereocenters. The molecule has 2 N–H and O–H groups in total. The molecule has 0 saturated heterocycles. The van der Waals surface area contributed by atoms with E-state index in [2.05, 4.69) is 19.9 Å². The Labute approximate surface area is 105 Å². The van der Waals surface area contributed by atoms with E-state index in [1.807, 2.05) is 13.8 Å². The van der Waals surface area contributed by atoms with Crippen LogP contribution in [0.15, 0.2) is 11.6 Å². The zero-order valence-corrected chi connectivity index (χ0v) is 11.5. The van der Waals surface area contributed by atoms with Crippen molar-refractivity contribution in [1.82, 2.24) is 0 Å². The van der Waals surface area contributed by atoms with E-state index in [0.29, 0.717) is 5.92 Å². The molecule has 0 aliphatic heterocycles. The third-order valence-corrected chi connectivity index (χ3v) is 5.25. The molecule has 0 amide bonds. The maximum absolute atomic E-state index is 10.6. The molecule has 0 aromatic carbocycles. The van der Waals surface area contributed by atoms with E-state index in [0.717, 1.165) is 25.7 Å². The van der Waals surface area contributed by atoms with Gasteiger partial charge in [-0.25, -0.2) is 0 Å². The normalized spacial score (nSPS) is 42.9. The molecular weight excluding hydrogens is 212 g/mol. The van der Waals surface area contributed by atoms with Crippen LogP contribution in [0.2, 0.25) is 0 Å². The molecule has 0 heterocycles. The molecule has 2 nitrogen and oxygen atoms in total. The Morgan fingerprint density at radius 3 is 2.53 bits per heavy atom. The van der Waals surface area contributed by atoms with Crippen molar-refractivity contribution in [2.24, 2.45) is 17.3 Å². The summed E-state index contributed by atoms with van der Waals surface area (Å²) in [5, 5.41) is 21.0. The van der Waals surface area contributed by atoms with Gasteiger partial charge < -0.3 is 10.2 Å². The number of rotatable bonds is 1. The molecule has 2 heteroatoms. The van der Waals surface area contributed by atoms with E-state index in [1.54, 1.807) is 0 Å². The fourth-order valence-electron chi connectivity index (χ4n) is 4.28. The summed E-state index contributed by atoms with van der Waals surface area (Å²) in [6.45, 7) is 8.13. The van der Waals surface area contributed by atoms with Gasteiger partial charge in [0.25, 0.3) is 0 Å². The van der Waals surface area contributed by atoms with Crippen LogP contribution in [0, 0.1) is 17.3 Å². The zero-order chi connectivity index (χ0) is 12.8. The monoisotopic (exact) mass is 238 g/mol. The van der Waals surface area contributed by atoms with Crippen molar-refractivity contribution in [3.63, 3.8) is 0 Å². The van der Waals surface area contributed by atoms with Gasteiger partial charge in [0.05, 0.1) is 11.7 Å². The first-order valence-electron chi connectivity index (χ1n) is 6.84. The molecule has 2 aliphatic carbocycles. The van der Waals surface area contributed by atoms with Crippen molar-refractivity contribution in [1.29, 1.82) is 0 Å². The zero-order valence-electron chi connectivity index (χ0n) is 11.5. The van der Waals surface area contributed by atoms with Gasteiger partial charge in [0.2, 0.25) is 0 Å². The largest absolute Gasteiger partial charge is 0.392 e. The van der Waals surface area contributed by atoms with E-state index in [4.69, 9.17) is 0 Å². The second-order valence-corrected chi connectivity index (χ2v) is 6.77. The average Bonchev–Trinajstić information content (AvgIpc) is 2.51. The first-order valence-corrected chi connectivity index (χ1v) is 6.84. The van der Waals surface area contributed by atoms with Crippen LogP contribution in [-0.2, 0) is 0 Å². The fraction of sp³-hybridized carbons (Fsp3) is 0.867. The number of hydrogen-bond donors (Lipinski definition) is 2. The van der Waals surface area contributed by atoms with Crippen LogP contribution < -0.4 is 0 Å². The summed E-state index contributed by atoms with van der Waals surface area (Å²) >= 11 is 0. The summed E-state index contributed by atoms with van der Waals surface area (Å²) in [6.07, 6.45) is 5.84. The maximum atomic E-state index is 10.6. The van der Waals surface area contributed by atoms with Crippen molar-refractivity contribution in [2.45, 2.75) is 65.1 Å². The Kier molecular flexibility index (Phi) is 3.16. The lowest BCUT2D eigenvalue weighted by atomic mass is 9.59. The predicted octanol–water partition coefficient (Wildman–Crippen LogP) is 2.89. The second-order valence-electron chi connectivity index (χ2n) is 6.77. The summed E-state index contributed by atoms with van der Waals surface area (Å²) in [4.78, 5) is 0. The highest BCUT2D eigenvalue weighted by molar-refractivity contribution is 5.17.